The molecule has 112 valence electrons. The first-order valence-corrected chi connectivity index (χ1v) is 7.30. The van der Waals surface area contributed by atoms with Crippen LogP contribution in [0.4, 0.5) is 5.69 Å². The van der Waals surface area contributed by atoms with E-state index in [2.05, 4.69) is 47.8 Å². The summed E-state index contributed by atoms with van der Waals surface area (Å²) in [6.45, 7) is 0.700. The smallest absolute Gasteiger partial charge is 0.124 e. The number of aliphatic hydroxyl groups excluding tert-OH is 1. The molecule has 3 aromatic rings. The highest BCUT2D eigenvalue weighted by Crippen LogP contribution is 2.24. The predicted molar refractivity (Wildman–Crippen MR) is 90.2 cm³/mol. The van der Waals surface area contributed by atoms with E-state index in [1.165, 1.54) is 16.3 Å². The van der Waals surface area contributed by atoms with E-state index in [0.717, 1.165) is 17.8 Å². The fourth-order valence-electron chi connectivity index (χ4n) is 2.66. The quantitative estimate of drug-likeness (QED) is 0.748. The van der Waals surface area contributed by atoms with E-state index < -0.39 is 0 Å². The van der Waals surface area contributed by atoms with Crippen molar-refractivity contribution in [3.05, 3.63) is 71.8 Å². The third kappa shape index (κ3) is 2.90. The van der Waals surface area contributed by atoms with Crippen molar-refractivity contribution in [3.8, 4) is 5.75 Å². The summed E-state index contributed by atoms with van der Waals surface area (Å²) in [4.78, 5) is 0. The van der Waals surface area contributed by atoms with E-state index in [1.54, 1.807) is 7.11 Å². The van der Waals surface area contributed by atoms with Gasteiger partial charge in [-0.2, -0.15) is 0 Å². The summed E-state index contributed by atoms with van der Waals surface area (Å²) in [7, 11) is 1.61. The highest BCUT2D eigenvalue weighted by Gasteiger charge is 2.04. The molecule has 3 heteroatoms. The molecule has 0 heterocycles. The predicted octanol–water partition coefficient (Wildman–Crippen LogP) is 3.95. The summed E-state index contributed by atoms with van der Waals surface area (Å²) in [6.07, 6.45) is 0. The van der Waals surface area contributed by atoms with Gasteiger partial charge in [-0.1, -0.05) is 42.5 Å². The largest absolute Gasteiger partial charge is 0.496 e. The van der Waals surface area contributed by atoms with Gasteiger partial charge in [0, 0.05) is 17.8 Å². The lowest BCUT2D eigenvalue weighted by Crippen LogP contribution is -2.01. The first kappa shape index (κ1) is 14.4. The van der Waals surface area contributed by atoms with Gasteiger partial charge in [0.1, 0.15) is 5.75 Å². The molecule has 3 nitrogen and oxygen atoms in total. The van der Waals surface area contributed by atoms with Gasteiger partial charge in [-0.3, -0.25) is 0 Å². The molecule has 0 radical (unpaired) electrons. The maximum absolute atomic E-state index is 9.39. The third-order valence-corrected chi connectivity index (χ3v) is 3.81. The number of anilines is 1. The van der Waals surface area contributed by atoms with Crippen LogP contribution in [0.5, 0.6) is 5.75 Å². The summed E-state index contributed by atoms with van der Waals surface area (Å²) < 4.78 is 5.22. The third-order valence-electron chi connectivity index (χ3n) is 3.81. The number of hydrogen-bond donors (Lipinski definition) is 2. The number of rotatable bonds is 5. The number of methoxy groups -OCH3 is 1. The maximum Gasteiger partial charge on any atom is 0.124 e. The molecule has 0 aliphatic heterocycles. The minimum Gasteiger partial charge on any atom is -0.496 e. The van der Waals surface area contributed by atoms with Gasteiger partial charge < -0.3 is 15.2 Å². The Labute approximate surface area is 130 Å². The average Bonchev–Trinajstić information content (AvgIpc) is 2.59. The molecule has 0 aliphatic carbocycles. The lowest BCUT2D eigenvalue weighted by molar-refractivity contribution is 0.274. The van der Waals surface area contributed by atoms with E-state index in [4.69, 9.17) is 4.74 Å². The fourth-order valence-corrected chi connectivity index (χ4v) is 2.66. The van der Waals surface area contributed by atoms with E-state index in [-0.39, 0.29) is 6.61 Å². The van der Waals surface area contributed by atoms with Crippen molar-refractivity contribution in [1.82, 2.24) is 0 Å². The number of nitrogens with one attached hydrogen (secondary N) is 1. The van der Waals surface area contributed by atoms with Gasteiger partial charge in [0.15, 0.2) is 0 Å². The van der Waals surface area contributed by atoms with Crippen molar-refractivity contribution in [2.24, 2.45) is 0 Å². The van der Waals surface area contributed by atoms with Crippen LogP contribution in [0.2, 0.25) is 0 Å². The zero-order valence-electron chi connectivity index (χ0n) is 12.5. The maximum atomic E-state index is 9.39. The number of fused-ring (bicyclic) bond motifs is 1. The normalized spacial score (nSPS) is 10.6. The lowest BCUT2D eigenvalue weighted by atomic mass is 10.0. The molecule has 3 rings (SSSR count). The molecule has 0 saturated carbocycles. The van der Waals surface area contributed by atoms with Gasteiger partial charge in [-0.05, 0) is 34.5 Å². The molecule has 0 amide bonds. The van der Waals surface area contributed by atoms with E-state index >= 15 is 0 Å². The molecule has 0 spiro atoms. The standard InChI is InChI=1S/C19H19NO2/c1-22-19-10-9-17(11-16(19)13-21)20-12-15-7-4-6-14-5-2-3-8-18(14)15/h2-11,20-21H,12-13H2,1H3. The molecule has 22 heavy (non-hydrogen) atoms. The second kappa shape index (κ2) is 6.50. The van der Waals surface area contributed by atoms with Crippen molar-refractivity contribution < 1.29 is 9.84 Å². The minimum atomic E-state index is -0.0348. The summed E-state index contributed by atoms with van der Waals surface area (Å²) >= 11 is 0. The molecular formula is C19H19NO2. The molecular weight excluding hydrogens is 274 g/mol. The van der Waals surface area contributed by atoms with Crippen LogP contribution < -0.4 is 10.1 Å². The monoisotopic (exact) mass is 293 g/mol. The first-order valence-electron chi connectivity index (χ1n) is 7.30. The molecule has 0 atom stereocenters. The van der Waals surface area contributed by atoms with Gasteiger partial charge in [0.25, 0.3) is 0 Å². The molecule has 3 aromatic carbocycles. The first-order chi connectivity index (χ1) is 10.8. The molecule has 0 aliphatic rings. The molecule has 0 aromatic heterocycles. The fraction of sp³-hybridized carbons (Fsp3) is 0.158. The van der Waals surface area contributed by atoms with Crippen LogP contribution in [-0.4, -0.2) is 12.2 Å². The second-order valence-electron chi connectivity index (χ2n) is 5.18. The van der Waals surface area contributed by atoms with Crippen LogP contribution in [0.3, 0.4) is 0 Å². The zero-order valence-corrected chi connectivity index (χ0v) is 12.5. The summed E-state index contributed by atoms with van der Waals surface area (Å²) in [5.74, 6) is 0.707. The summed E-state index contributed by atoms with van der Waals surface area (Å²) in [6, 6.07) is 20.5. The Morgan fingerprint density at radius 1 is 0.955 bits per heavy atom. The molecule has 2 N–H and O–H groups in total. The van der Waals surface area contributed by atoms with Crippen LogP contribution in [0.15, 0.2) is 60.7 Å². The topological polar surface area (TPSA) is 41.5 Å². The van der Waals surface area contributed by atoms with Gasteiger partial charge in [-0.25, -0.2) is 0 Å². The Bertz CT molecular complexity index is 778. The number of aliphatic hydroxyl groups is 1. The zero-order chi connectivity index (χ0) is 15.4. The van der Waals surface area contributed by atoms with Gasteiger partial charge in [-0.15, -0.1) is 0 Å². The Morgan fingerprint density at radius 3 is 2.59 bits per heavy atom. The van der Waals surface area contributed by atoms with Crippen LogP contribution in [0, 0.1) is 0 Å². The van der Waals surface area contributed by atoms with Crippen molar-refractivity contribution in [1.29, 1.82) is 0 Å². The molecule has 0 unspecified atom stereocenters. The van der Waals surface area contributed by atoms with Gasteiger partial charge in [0.2, 0.25) is 0 Å². The molecule has 0 bridgehead atoms. The minimum absolute atomic E-state index is 0.0348. The number of benzene rings is 3. The Hall–Kier alpha value is -2.52. The molecule has 0 saturated heterocycles. The van der Waals surface area contributed by atoms with Crippen LogP contribution in [0.1, 0.15) is 11.1 Å². The Balaban J connectivity index is 1.82. The van der Waals surface area contributed by atoms with Gasteiger partial charge >= 0.3 is 0 Å². The highest BCUT2D eigenvalue weighted by molar-refractivity contribution is 5.85. The van der Waals surface area contributed by atoms with Crippen LogP contribution >= 0.6 is 0 Å². The van der Waals surface area contributed by atoms with E-state index in [0.29, 0.717) is 5.75 Å². The second-order valence-corrected chi connectivity index (χ2v) is 5.18. The van der Waals surface area contributed by atoms with E-state index in [1.807, 2.05) is 18.2 Å². The van der Waals surface area contributed by atoms with Crippen molar-refractivity contribution in [2.75, 3.05) is 12.4 Å². The van der Waals surface area contributed by atoms with Crippen LogP contribution in [-0.2, 0) is 13.2 Å². The summed E-state index contributed by atoms with van der Waals surface area (Å²) in [5.41, 5.74) is 3.00. The number of ether oxygens (including phenoxy) is 1. The Morgan fingerprint density at radius 2 is 1.77 bits per heavy atom. The van der Waals surface area contributed by atoms with Crippen molar-refractivity contribution in [2.45, 2.75) is 13.2 Å². The van der Waals surface area contributed by atoms with Gasteiger partial charge in [0.05, 0.1) is 13.7 Å². The highest BCUT2D eigenvalue weighted by atomic mass is 16.5. The van der Waals surface area contributed by atoms with E-state index in [9.17, 15) is 5.11 Å². The Kier molecular flexibility index (Phi) is 4.26. The lowest BCUT2D eigenvalue weighted by Gasteiger charge is -2.12. The van der Waals surface area contributed by atoms with Crippen LogP contribution in [0.25, 0.3) is 10.8 Å². The average molecular weight is 293 g/mol. The van der Waals surface area contributed by atoms with Crippen molar-refractivity contribution >= 4 is 16.5 Å². The van der Waals surface area contributed by atoms with Crippen molar-refractivity contribution in [3.63, 3.8) is 0 Å². The number of hydrogen-bond acceptors (Lipinski definition) is 3. The summed E-state index contributed by atoms with van der Waals surface area (Å²) in [5, 5.41) is 15.3. The SMILES string of the molecule is COc1ccc(NCc2cccc3ccccc23)cc1CO. The molecule has 0 fully saturated rings.